The van der Waals surface area contributed by atoms with E-state index in [4.69, 9.17) is 74.6 Å². The maximum atomic E-state index is 14.3. The number of hydrogen-bond donors (Lipinski definition) is 9. The first-order valence-electron chi connectivity index (χ1n) is 30.7. The second kappa shape index (κ2) is 28.5. The molecule has 0 saturated carbocycles. The minimum atomic E-state index is -5.33. The Bertz CT molecular complexity index is 3600. The van der Waals surface area contributed by atoms with Gasteiger partial charge in [-0.3, -0.25) is 53.1 Å². The first-order valence-corrected chi connectivity index (χ1v) is 32.1. The van der Waals surface area contributed by atoms with Gasteiger partial charge in [0.05, 0.1) is 41.3 Å². The average molecular weight is 1360 g/mol. The average Bonchev–Trinajstić information content (AvgIpc) is 1.53. The number of amides is 6. The number of aliphatic imine (C=N–C) groups is 3. The summed E-state index contributed by atoms with van der Waals surface area (Å²) in [5, 5.41) is 46.6. The van der Waals surface area contributed by atoms with Gasteiger partial charge in [-0.2, -0.15) is 5.70 Å². The summed E-state index contributed by atoms with van der Waals surface area (Å²) >= 11 is 0. The van der Waals surface area contributed by atoms with Crippen molar-refractivity contribution in [3.05, 3.63) is 75.8 Å². The molecule has 28 nitrogen and oxygen atoms in total. The number of rotatable bonds is 26. The molecule has 7 heterocycles. The van der Waals surface area contributed by atoms with E-state index in [1.807, 2.05) is 59.8 Å². The molecule has 1 aromatic heterocycles. The first-order chi connectivity index (χ1) is 42.8. The molecule has 93 heavy (non-hydrogen) atoms. The molecule has 14 N–H and O–H groups in total. The van der Waals surface area contributed by atoms with Crippen molar-refractivity contribution < 1.29 is 88.9 Å². The second-order valence-electron chi connectivity index (χ2n) is 26.9. The van der Waals surface area contributed by atoms with Crippen molar-refractivity contribution in [3.8, 4) is 0 Å². The van der Waals surface area contributed by atoms with E-state index in [1.165, 1.54) is 17.8 Å². The number of nitrogens with two attached hydrogens (primary N) is 5. The van der Waals surface area contributed by atoms with Crippen LogP contribution in [0.5, 0.6) is 0 Å². The third-order valence-corrected chi connectivity index (χ3v) is 21.6. The van der Waals surface area contributed by atoms with E-state index in [0.29, 0.717) is 56.4 Å². The molecule has 0 spiro atoms. The van der Waals surface area contributed by atoms with Gasteiger partial charge in [0.25, 0.3) is 7.82 Å². The summed E-state index contributed by atoms with van der Waals surface area (Å²) in [6.45, 7) is 23.5. The van der Waals surface area contributed by atoms with Crippen LogP contribution in [0.15, 0.2) is 67.8 Å². The molecule has 30 heteroatoms. The first kappa shape index (κ1) is 75.0. The maximum Gasteiger partial charge on any atom is 3.00 e. The van der Waals surface area contributed by atoms with Crippen molar-refractivity contribution in [2.45, 2.75) is 189 Å². The van der Waals surface area contributed by atoms with Crippen LogP contribution in [0.25, 0.3) is 16.4 Å². The molecule has 0 radical (unpaired) electrons. The predicted octanol–water partition coefficient (Wildman–Crippen LogP) is 4.01. The molecule has 1 aromatic carbocycles. The van der Waals surface area contributed by atoms with E-state index in [-0.39, 0.29) is 94.0 Å². The van der Waals surface area contributed by atoms with Crippen LogP contribution in [0.2, 0.25) is 0 Å². The van der Waals surface area contributed by atoms with E-state index in [9.17, 15) is 58.3 Å². The zero-order valence-corrected chi connectivity index (χ0v) is 56.2. The SMILES string of the molecule is C/C1=C2/[N-]C([C@H](CC(N)=O)[C@@]2(C)CCC(=O)NC[C@@H](C)OP(=O)([O-])O[C@H]2[C@@H](O)[C@@H](n3cnc4cc(C)c(C)cc43)O[C@@H]2CO)[C@]2(C)N=C(/C(C)=C3N=C(/C=C4N=C1[C@@H](CCC(N)=O)C\4(C)C)[C@@H](CCC(N)=O)[C@]\3(C)CC(N)=O)[C@@H](CCC(=O)O)[C@]2(C)CC(N)=O.[C-]#N.[Co+3]. The Hall–Kier alpha value is -7.00. The van der Waals surface area contributed by atoms with Gasteiger partial charge >= 0.3 is 22.7 Å². The Morgan fingerprint density at radius 1 is 0.828 bits per heavy atom. The third kappa shape index (κ3) is 14.6. The fraction of sp³-hybridized carbons (Fsp3) is 0.619. The van der Waals surface area contributed by atoms with Crippen LogP contribution in [0, 0.1) is 71.0 Å². The van der Waals surface area contributed by atoms with E-state index in [2.05, 4.69) is 10.3 Å². The number of carbonyl (C=O) groups excluding carboxylic acids is 6. The zero-order valence-electron chi connectivity index (χ0n) is 54.3. The third-order valence-electron chi connectivity index (χ3n) is 20.4. The van der Waals surface area contributed by atoms with Crippen LogP contribution in [0.1, 0.15) is 150 Å². The van der Waals surface area contributed by atoms with Gasteiger partial charge in [0, 0.05) is 108 Å². The largest absolute Gasteiger partial charge is 3.00 e. The Morgan fingerprint density at radius 3 is 2.01 bits per heavy atom. The molecule has 2 saturated heterocycles. The number of carbonyl (C=O) groups is 7. The number of fused-ring (bicyclic) bond motifs is 7. The summed E-state index contributed by atoms with van der Waals surface area (Å²) in [6.07, 6.45) is -5.34. The van der Waals surface area contributed by atoms with Gasteiger partial charge in [0.1, 0.15) is 18.3 Å². The summed E-state index contributed by atoms with van der Waals surface area (Å²) in [5.74, 6) is -8.14. The normalized spacial score (nSPS) is 33.1. The Labute approximate surface area is 550 Å². The molecule has 6 aliphatic heterocycles. The molecule has 6 aliphatic rings. The standard InChI is InChI=1S/C62H89N12O15P.CN.Co/c1-29-20-39-40(21-30(29)2)74(28-69-39)57-52(84)53(41(27-75)87-57)89-90(85,86)88-31(3)26-68-48(81)18-19-59(8)37(22-45(65)78)56-62(11)61(10,25-47(67)80)36(14-17-49(82)83)51(73-62)33(5)55-60(9,24-46(66)79)34(12-15-43(63)76)38(70-55)23-42-58(6,7)35(13-16-44(64)77)50(71-42)32(4)54(59)72-56;1-2;/h20-21,23,28,31,34-37,41,52-53,56-57,75,84H,12-19,22,24-27H2,1-11H3,(H14,63,64,65,66,67,68,70,71,72,73,76,77,78,79,80,81,82,83,85,86);;/q;-1;+3/p-2/t31-,34-,35-,36-,37+,41-,52-,53-,56?,57+,59-,60+,61+,62+;;/m1../s1. The number of allylic oxidation sites excluding steroid dienone is 6. The van der Waals surface area contributed by atoms with Crippen LogP contribution in [-0.4, -0.2) is 133 Å². The minimum Gasteiger partial charge on any atom is -0.756 e. The molecule has 2 aromatic rings. The number of imidazole rings is 1. The number of phosphoric ester groups is 1. The maximum absolute atomic E-state index is 14.3. The van der Waals surface area contributed by atoms with Crippen molar-refractivity contribution in [1.82, 2.24) is 14.9 Å². The number of primary amides is 5. The molecule has 2 unspecified atom stereocenters. The van der Waals surface area contributed by atoms with Gasteiger partial charge in [-0.15, -0.1) is 0 Å². The quantitative estimate of drug-likeness (QED) is 0.0474. The molecule has 15 atom stereocenters. The second-order valence-corrected chi connectivity index (χ2v) is 28.2. The predicted molar refractivity (Wildman–Crippen MR) is 335 cm³/mol. The van der Waals surface area contributed by atoms with Crippen LogP contribution >= 0.6 is 7.82 Å². The number of phosphoric acid groups is 1. The topological polar surface area (TPSA) is 483 Å². The number of hydrogen-bond acceptors (Lipinski definition) is 19. The number of carboxylic acid groups (broad SMARTS) is 1. The number of aliphatic hydroxyl groups is 2. The molecule has 2 fully saturated rings. The van der Waals surface area contributed by atoms with Gasteiger partial charge in [-0.1, -0.05) is 40.7 Å². The molecule has 508 valence electrons. The number of aliphatic hydroxyl groups excluding tert-OH is 2. The van der Waals surface area contributed by atoms with Crippen LogP contribution < -0.4 is 38.9 Å². The van der Waals surface area contributed by atoms with E-state index >= 15 is 0 Å². The summed E-state index contributed by atoms with van der Waals surface area (Å²) < 4.78 is 31.9. The van der Waals surface area contributed by atoms with Crippen molar-refractivity contribution >= 4 is 77.4 Å². The summed E-state index contributed by atoms with van der Waals surface area (Å²) in [6, 6.07) is 2.62. The summed E-state index contributed by atoms with van der Waals surface area (Å²) in [5.41, 5.74) is 30.3. The number of aryl methyl sites for hydroxylation is 2. The Morgan fingerprint density at radius 2 is 1.43 bits per heavy atom. The number of aromatic nitrogens is 2. The van der Waals surface area contributed by atoms with Crippen molar-refractivity contribution in [1.29, 1.82) is 5.26 Å². The minimum absolute atomic E-state index is 0. The molecular weight excluding hydrogens is 1270 g/mol. The van der Waals surface area contributed by atoms with Gasteiger partial charge in [0.2, 0.25) is 35.4 Å². The van der Waals surface area contributed by atoms with Crippen LogP contribution in [0.3, 0.4) is 0 Å². The number of ether oxygens (including phenoxy) is 1. The summed E-state index contributed by atoms with van der Waals surface area (Å²) in [7, 11) is -5.33. The van der Waals surface area contributed by atoms with Gasteiger partial charge in [-0.05, 0) is 119 Å². The molecule has 8 bridgehead atoms. The van der Waals surface area contributed by atoms with Gasteiger partial charge < -0.3 is 89.7 Å². The Balaban J connectivity index is 0.00000453. The van der Waals surface area contributed by atoms with Crippen molar-refractivity contribution in [2.24, 2.45) is 89.0 Å². The molecule has 8 rings (SSSR count). The van der Waals surface area contributed by atoms with E-state index < -0.39 is 143 Å². The van der Waals surface area contributed by atoms with Crippen LogP contribution in [-0.2, 0) is 68.7 Å². The monoisotopic (exact) mass is 1360 g/mol. The number of nitrogens with zero attached hydrogens (tertiary/aromatic N) is 7. The molecule has 6 amide bonds. The number of aliphatic carboxylic acids is 1. The fourth-order valence-electron chi connectivity index (χ4n) is 15.3. The zero-order chi connectivity index (χ0) is 68.7. The van der Waals surface area contributed by atoms with Crippen LogP contribution in [0.4, 0.5) is 0 Å². The number of benzene rings is 1. The van der Waals surface area contributed by atoms with E-state index in [1.54, 1.807) is 27.7 Å². The number of nitrogens with one attached hydrogen (secondary N) is 1. The summed E-state index contributed by atoms with van der Waals surface area (Å²) in [4.78, 5) is 127. The van der Waals surface area contributed by atoms with Gasteiger partial charge in [-0.25, -0.2) is 4.98 Å². The van der Waals surface area contributed by atoms with E-state index in [0.717, 1.165) is 11.1 Å². The number of carboxylic acids is 1. The Kier molecular flexibility index (Phi) is 23.0. The fourth-order valence-corrected chi connectivity index (χ4v) is 16.4. The van der Waals surface area contributed by atoms with Crippen molar-refractivity contribution in [2.75, 3.05) is 13.2 Å². The van der Waals surface area contributed by atoms with Crippen molar-refractivity contribution in [3.63, 3.8) is 0 Å². The molecule has 0 aliphatic carbocycles. The van der Waals surface area contributed by atoms with Gasteiger partial charge in [0.15, 0.2) is 6.23 Å². The molecular formula is C63H87CoN13O15P. The smallest absolute Gasteiger partial charge is 0.756 e.